The Balaban J connectivity index is 1.40. The zero-order chi connectivity index (χ0) is 17.5. The molecule has 130 valence electrons. The summed E-state index contributed by atoms with van der Waals surface area (Å²) in [5, 5.41) is 19.0. The van der Waals surface area contributed by atoms with Crippen molar-refractivity contribution in [1.29, 1.82) is 5.26 Å². The van der Waals surface area contributed by atoms with Gasteiger partial charge in [0.1, 0.15) is 18.5 Å². The monoisotopic (exact) mass is 337 g/mol. The lowest BCUT2D eigenvalue weighted by Crippen LogP contribution is -2.49. The van der Waals surface area contributed by atoms with Crippen LogP contribution in [0.1, 0.15) is 5.56 Å². The predicted octanol–water partition coefficient (Wildman–Crippen LogP) is 2.12. The number of piperazine rings is 1. The fourth-order valence-electron chi connectivity index (χ4n) is 3.00. The van der Waals surface area contributed by atoms with Crippen molar-refractivity contribution < 1.29 is 9.84 Å². The number of anilines is 1. The third-order valence-electron chi connectivity index (χ3n) is 4.39. The summed E-state index contributed by atoms with van der Waals surface area (Å²) in [6.07, 6.45) is -0.529. The van der Waals surface area contributed by atoms with Crippen LogP contribution in [-0.2, 0) is 0 Å². The Morgan fingerprint density at radius 3 is 2.32 bits per heavy atom. The van der Waals surface area contributed by atoms with E-state index in [0.29, 0.717) is 17.9 Å². The summed E-state index contributed by atoms with van der Waals surface area (Å²) >= 11 is 0. The number of aliphatic hydroxyl groups is 1. The first-order valence-electron chi connectivity index (χ1n) is 8.58. The minimum absolute atomic E-state index is 0.255. The van der Waals surface area contributed by atoms with Crippen molar-refractivity contribution in [3.05, 3.63) is 60.2 Å². The third kappa shape index (κ3) is 4.96. The van der Waals surface area contributed by atoms with Crippen molar-refractivity contribution in [3.8, 4) is 11.8 Å². The van der Waals surface area contributed by atoms with Crippen LogP contribution in [0.2, 0.25) is 0 Å². The largest absolute Gasteiger partial charge is 0.491 e. The lowest BCUT2D eigenvalue weighted by molar-refractivity contribution is 0.0663. The van der Waals surface area contributed by atoms with E-state index in [9.17, 15) is 5.11 Å². The number of hydrogen-bond donors (Lipinski definition) is 1. The molecule has 1 atom stereocenters. The second-order valence-corrected chi connectivity index (χ2v) is 6.22. The highest BCUT2D eigenvalue weighted by atomic mass is 16.5. The van der Waals surface area contributed by atoms with Gasteiger partial charge < -0.3 is 14.7 Å². The molecular formula is C20H23N3O2. The quantitative estimate of drug-likeness (QED) is 0.875. The van der Waals surface area contributed by atoms with Crippen LogP contribution >= 0.6 is 0 Å². The first kappa shape index (κ1) is 17.3. The minimum atomic E-state index is -0.529. The molecule has 0 radical (unpaired) electrons. The Labute approximate surface area is 148 Å². The zero-order valence-corrected chi connectivity index (χ0v) is 14.2. The lowest BCUT2D eigenvalue weighted by atomic mass is 10.2. The zero-order valence-electron chi connectivity index (χ0n) is 14.2. The van der Waals surface area contributed by atoms with Crippen molar-refractivity contribution >= 4 is 5.69 Å². The molecule has 1 fully saturated rings. The van der Waals surface area contributed by atoms with Gasteiger partial charge in [-0.1, -0.05) is 18.2 Å². The van der Waals surface area contributed by atoms with Gasteiger partial charge in [0.2, 0.25) is 0 Å². The van der Waals surface area contributed by atoms with Crippen LogP contribution in [0.15, 0.2) is 54.6 Å². The second-order valence-electron chi connectivity index (χ2n) is 6.22. The van der Waals surface area contributed by atoms with Crippen LogP contribution in [0, 0.1) is 11.3 Å². The van der Waals surface area contributed by atoms with Gasteiger partial charge in [-0.25, -0.2) is 0 Å². The molecule has 2 aromatic carbocycles. The molecule has 0 aliphatic carbocycles. The molecular weight excluding hydrogens is 314 g/mol. The molecule has 0 bridgehead atoms. The smallest absolute Gasteiger partial charge is 0.119 e. The molecule has 0 unspecified atom stereocenters. The minimum Gasteiger partial charge on any atom is -0.491 e. The topological polar surface area (TPSA) is 59.7 Å². The van der Waals surface area contributed by atoms with E-state index in [1.165, 1.54) is 5.69 Å². The number of aliphatic hydroxyl groups excluding tert-OH is 1. The highest BCUT2D eigenvalue weighted by Gasteiger charge is 2.19. The SMILES string of the molecule is N#Cc1ccc(OC[C@@H](O)CN2CCN(c3ccccc3)CC2)cc1. The van der Waals surface area contributed by atoms with E-state index in [1.54, 1.807) is 24.3 Å². The maximum absolute atomic E-state index is 10.2. The summed E-state index contributed by atoms with van der Waals surface area (Å²) in [7, 11) is 0. The highest BCUT2D eigenvalue weighted by Crippen LogP contribution is 2.16. The van der Waals surface area contributed by atoms with Gasteiger partial charge in [-0.3, -0.25) is 4.90 Å². The summed E-state index contributed by atoms with van der Waals surface area (Å²) < 4.78 is 5.60. The Hall–Kier alpha value is -2.55. The van der Waals surface area contributed by atoms with Crippen molar-refractivity contribution in [2.75, 3.05) is 44.2 Å². The van der Waals surface area contributed by atoms with Crippen molar-refractivity contribution in [3.63, 3.8) is 0 Å². The van der Waals surface area contributed by atoms with E-state index >= 15 is 0 Å². The van der Waals surface area contributed by atoms with Crippen LogP contribution in [0.4, 0.5) is 5.69 Å². The van der Waals surface area contributed by atoms with Crippen LogP contribution in [0.3, 0.4) is 0 Å². The van der Waals surface area contributed by atoms with E-state index in [4.69, 9.17) is 10.00 Å². The Bertz CT molecular complexity index is 689. The van der Waals surface area contributed by atoms with Gasteiger partial charge in [-0.15, -0.1) is 0 Å². The van der Waals surface area contributed by atoms with Gasteiger partial charge in [-0.05, 0) is 36.4 Å². The van der Waals surface area contributed by atoms with E-state index in [0.717, 1.165) is 26.2 Å². The van der Waals surface area contributed by atoms with Crippen LogP contribution in [0.5, 0.6) is 5.75 Å². The average molecular weight is 337 g/mol. The van der Waals surface area contributed by atoms with E-state index in [2.05, 4.69) is 40.1 Å². The summed E-state index contributed by atoms with van der Waals surface area (Å²) in [5.41, 5.74) is 1.86. The molecule has 1 heterocycles. The molecule has 0 spiro atoms. The second kappa shape index (κ2) is 8.52. The van der Waals surface area contributed by atoms with Gasteiger partial charge in [0.05, 0.1) is 11.6 Å². The summed E-state index contributed by atoms with van der Waals surface area (Å²) in [6, 6.07) is 19.4. The average Bonchev–Trinajstić information content (AvgIpc) is 2.68. The van der Waals surface area contributed by atoms with Crippen LogP contribution in [-0.4, -0.2) is 55.4 Å². The number of β-amino-alcohol motifs (C(OH)–C–C–N with tert-alkyl or cyclic N) is 1. The maximum Gasteiger partial charge on any atom is 0.119 e. The molecule has 5 nitrogen and oxygen atoms in total. The molecule has 1 N–H and O–H groups in total. The van der Waals surface area contributed by atoms with E-state index in [1.807, 2.05) is 6.07 Å². The van der Waals surface area contributed by atoms with Crippen LogP contribution in [0.25, 0.3) is 0 Å². The molecule has 0 amide bonds. The van der Waals surface area contributed by atoms with Crippen molar-refractivity contribution in [2.24, 2.45) is 0 Å². The van der Waals surface area contributed by atoms with Gasteiger partial charge in [0.15, 0.2) is 0 Å². The fourth-order valence-corrected chi connectivity index (χ4v) is 3.00. The molecule has 1 aliphatic rings. The molecule has 0 aromatic heterocycles. The Kier molecular flexibility index (Phi) is 5.89. The number of nitrogens with zero attached hydrogens (tertiary/aromatic N) is 3. The fraction of sp³-hybridized carbons (Fsp3) is 0.350. The standard InChI is InChI=1S/C20H23N3O2/c21-14-17-6-8-20(9-7-17)25-16-19(24)15-22-10-12-23(13-11-22)18-4-2-1-3-5-18/h1-9,19,24H,10-13,15-16H2/t19-/m0/s1. The van der Waals surface area contributed by atoms with Crippen LogP contribution < -0.4 is 9.64 Å². The maximum atomic E-state index is 10.2. The molecule has 25 heavy (non-hydrogen) atoms. The van der Waals surface area contributed by atoms with Gasteiger partial charge in [0, 0.05) is 38.4 Å². The molecule has 2 aromatic rings. The van der Waals surface area contributed by atoms with Gasteiger partial charge in [-0.2, -0.15) is 5.26 Å². The summed E-state index contributed by atoms with van der Waals surface area (Å²) in [4.78, 5) is 4.64. The van der Waals surface area contributed by atoms with Crippen molar-refractivity contribution in [2.45, 2.75) is 6.10 Å². The lowest BCUT2D eigenvalue weighted by Gasteiger charge is -2.36. The predicted molar refractivity (Wildman–Crippen MR) is 97.8 cm³/mol. The third-order valence-corrected chi connectivity index (χ3v) is 4.39. The molecule has 1 aliphatic heterocycles. The number of rotatable bonds is 6. The first-order chi connectivity index (χ1) is 12.2. The molecule has 3 rings (SSSR count). The number of benzene rings is 2. The van der Waals surface area contributed by atoms with E-state index in [-0.39, 0.29) is 6.61 Å². The Morgan fingerprint density at radius 2 is 1.68 bits per heavy atom. The Morgan fingerprint density at radius 1 is 1.00 bits per heavy atom. The molecule has 0 saturated carbocycles. The number of hydrogen-bond acceptors (Lipinski definition) is 5. The number of ether oxygens (including phenoxy) is 1. The molecule has 5 heteroatoms. The van der Waals surface area contributed by atoms with Gasteiger partial charge in [0.25, 0.3) is 0 Å². The number of nitriles is 1. The summed E-state index contributed by atoms with van der Waals surface area (Å²) in [5.74, 6) is 0.673. The van der Waals surface area contributed by atoms with Crippen molar-refractivity contribution in [1.82, 2.24) is 4.90 Å². The van der Waals surface area contributed by atoms with Gasteiger partial charge >= 0.3 is 0 Å². The first-order valence-corrected chi connectivity index (χ1v) is 8.58. The highest BCUT2D eigenvalue weighted by molar-refractivity contribution is 5.46. The molecule has 1 saturated heterocycles. The summed E-state index contributed by atoms with van der Waals surface area (Å²) in [6.45, 7) is 4.66. The van der Waals surface area contributed by atoms with E-state index < -0.39 is 6.10 Å². The normalized spacial score (nSPS) is 16.2. The number of para-hydroxylation sites is 1.